The lowest BCUT2D eigenvalue weighted by Crippen LogP contribution is -3.03. The summed E-state index contributed by atoms with van der Waals surface area (Å²) < 4.78 is 0. The lowest BCUT2D eigenvalue weighted by Gasteiger charge is -2.07. The van der Waals surface area contributed by atoms with E-state index in [9.17, 15) is 0 Å². The summed E-state index contributed by atoms with van der Waals surface area (Å²) in [4.78, 5) is 1.77. The Kier molecular flexibility index (Phi) is 1.56. The van der Waals surface area contributed by atoms with Crippen molar-refractivity contribution in [1.82, 2.24) is 0 Å². The van der Waals surface area contributed by atoms with E-state index in [1.165, 1.54) is 12.1 Å². The molecule has 0 saturated carbocycles. The van der Waals surface area contributed by atoms with Crippen molar-refractivity contribution in [3.05, 3.63) is 35.9 Å². The molecule has 4 unspecified atom stereocenters. The smallest absolute Gasteiger partial charge is 0.271 e. The van der Waals surface area contributed by atoms with Gasteiger partial charge >= 0.3 is 0 Å². The summed E-state index contributed by atoms with van der Waals surface area (Å²) in [6.45, 7) is 6.00. The zero-order valence-electron chi connectivity index (χ0n) is 8.83. The molecule has 4 atom stereocenters. The minimum absolute atomic E-state index is 0.487. The van der Waals surface area contributed by atoms with Crippen LogP contribution in [0.15, 0.2) is 30.3 Å². The molecule has 74 valence electrons. The van der Waals surface area contributed by atoms with Crippen molar-refractivity contribution in [3.8, 4) is 0 Å². The normalized spacial score (nSPS) is 44.9. The zero-order chi connectivity index (χ0) is 9.76. The summed E-state index contributed by atoms with van der Waals surface area (Å²) in [7, 11) is 0. The molecule has 2 nitrogen and oxygen atoms in total. The van der Waals surface area contributed by atoms with Gasteiger partial charge in [-0.15, -0.1) is 0 Å². The highest BCUT2D eigenvalue weighted by Gasteiger charge is 2.74. The summed E-state index contributed by atoms with van der Waals surface area (Å²) in [6, 6.07) is 12.5. The minimum atomic E-state index is 0.487. The highest BCUT2D eigenvalue weighted by Crippen LogP contribution is 2.22. The van der Waals surface area contributed by atoms with Crippen molar-refractivity contribution in [2.45, 2.75) is 31.6 Å². The number of nitrogens with one attached hydrogen (secondary N) is 1. The van der Waals surface area contributed by atoms with E-state index in [-0.39, 0.29) is 0 Å². The van der Waals surface area contributed by atoms with Crippen LogP contribution in [-0.4, -0.2) is 18.2 Å². The van der Waals surface area contributed by atoms with E-state index < -0.39 is 0 Å². The molecule has 0 aromatic heterocycles. The predicted octanol–water partition coefficient (Wildman–Crippen LogP) is -0.692. The van der Waals surface area contributed by atoms with E-state index in [1.807, 2.05) is 0 Å². The van der Waals surface area contributed by atoms with Gasteiger partial charge in [-0.2, -0.15) is 0 Å². The largest absolute Gasteiger partial charge is 0.285 e. The van der Waals surface area contributed by atoms with Crippen LogP contribution in [0.5, 0.6) is 0 Å². The van der Waals surface area contributed by atoms with Crippen LogP contribution < -0.4 is 10.2 Å². The summed E-state index contributed by atoms with van der Waals surface area (Å²) in [5, 5.41) is 2.52. The molecule has 0 aliphatic carbocycles. The summed E-state index contributed by atoms with van der Waals surface area (Å²) in [5.41, 5.74) is 1.99. The molecule has 2 saturated heterocycles. The maximum atomic E-state index is 2.52. The Morgan fingerprint density at radius 2 is 2.07 bits per heavy atom. The second-order valence-corrected chi connectivity index (χ2v) is 4.86. The van der Waals surface area contributed by atoms with Crippen LogP contribution in [0.3, 0.4) is 0 Å². The standard InChI is InChI=1S/C12H16N2/c1-9-12(2)13-8-11(14(9)12)10-6-4-3-5-7-10/h3-7,9,11,13H,8H2,1-2H3/p+2. The molecule has 1 aromatic rings. The molecule has 0 amide bonds. The number of benzene rings is 1. The molecule has 2 heteroatoms. The lowest BCUT2D eigenvalue weighted by atomic mass is 10.1. The molecule has 0 bridgehead atoms. The van der Waals surface area contributed by atoms with Crippen LogP contribution in [0, 0.1) is 0 Å². The van der Waals surface area contributed by atoms with Crippen LogP contribution in [0.2, 0.25) is 0 Å². The minimum Gasteiger partial charge on any atom is -0.285 e. The Hall–Kier alpha value is -0.860. The number of nitrogens with two attached hydrogens (primary N) is 1. The fourth-order valence-electron chi connectivity index (χ4n) is 3.14. The van der Waals surface area contributed by atoms with Crippen molar-refractivity contribution < 1.29 is 10.2 Å². The third-order valence-electron chi connectivity index (χ3n) is 4.26. The van der Waals surface area contributed by atoms with Crippen molar-refractivity contribution in [2.24, 2.45) is 0 Å². The zero-order valence-corrected chi connectivity index (χ0v) is 8.83. The Bertz CT molecular complexity index is 349. The second-order valence-electron chi connectivity index (χ2n) is 4.86. The highest BCUT2D eigenvalue weighted by atomic mass is 15.6. The van der Waals surface area contributed by atoms with Gasteiger partial charge in [0.25, 0.3) is 5.66 Å². The maximum absolute atomic E-state index is 2.52. The summed E-state index contributed by atoms with van der Waals surface area (Å²) in [5.74, 6) is 0. The first-order valence-electron chi connectivity index (χ1n) is 5.50. The fraction of sp³-hybridized carbons (Fsp3) is 0.500. The van der Waals surface area contributed by atoms with Crippen molar-refractivity contribution in [3.63, 3.8) is 0 Å². The second kappa shape index (κ2) is 2.59. The molecule has 2 fully saturated rings. The SMILES string of the molecule is CC1[NH+]2C(c3ccccc3)C[NH2+]C12C. The van der Waals surface area contributed by atoms with Crippen LogP contribution >= 0.6 is 0 Å². The molecule has 2 heterocycles. The predicted molar refractivity (Wildman–Crippen MR) is 54.8 cm³/mol. The topological polar surface area (TPSA) is 21.1 Å². The van der Waals surface area contributed by atoms with Gasteiger partial charge in [0.05, 0.1) is 6.92 Å². The van der Waals surface area contributed by atoms with Crippen LogP contribution in [0.4, 0.5) is 0 Å². The summed E-state index contributed by atoms with van der Waals surface area (Å²) in [6.07, 6.45) is 0. The van der Waals surface area contributed by atoms with Crippen molar-refractivity contribution >= 4 is 0 Å². The van der Waals surface area contributed by atoms with E-state index >= 15 is 0 Å². The highest BCUT2D eigenvalue weighted by molar-refractivity contribution is 5.18. The molecule has 2 aliphatic heterocycles. The molecule has 2 aliphatic rings. The molecule has 14 heavy (non-hydrogen) atoms. The van der Waals surface area contributed by atoms with E-state index in [2.05, 4.69) is 49.5 Å². The number of hydrogen-bond acceptors (Lipinski definition) is 0. The molecule has 3 rings (SSSR count). The average Bonchev–Trinajstić information content (AvgIpc) is 2.61. The number of hydrogen-bond donors (Lipinski definition) is 2. The van der Waals surface area contributed by atoms with Crippen LogP contribution in [-0.2, 0) is 0 Å². The van der Waals surface area contributed by atoms with E-state index in [4.69, 9.17) is 0 Å². The van der Waals surface area contributed by atoms with Crippen molar-refractivity contribution in [2.75, 3.05) is 6.54 Å². The Morgan fingerprint density at radius 3 is 2.64 bits per heavy atom. The third-order valence-corrected chi connectivity index (χ3v) is 4.26. The quantitative estimate of drug-likeness (QED) is 0.547. The number of fused-ring (bicyclic) bond motifs is 1. The number of quaternary nitrogens is 2. The monoisotopic (exact) mass is 190 g/mol. The van der Waals surface area contributed by atoms with Gasteiger partial charge in [-0.05, 0) is 0 Å². The Labute approximate surface area is 84.9 Å². The van der Waals surface area contributed by atoms with Gasteiger partial charge in [0.2, 0.25) is 0 Å². The van der Waals surface area contributed by atoms with Gasteiger partial charge in [-0.25, -0.2) is 0 Å². The first-order chi connectivity index (χ1) is 6.73. The fourth-order valence-corrected chi connectivity index (χ4v) is 3.14. The Balaban J connectivity index is 1.90. The van der Waals surface area contributed by atoms with E-state index in [0.717, 1.165) is 12.1 Å². The Morgan fingerprint density at radius 1 is 1.36 bits per heavy atom. The molecule has 1 aromatic carbocycles. The van der Waals surface area contributed by atoms with Gasteiger partial charge in [0.15, 0.2) is 12.1 Å². The maximum Gasteiger partial charge on any atom is 0.271 e. The van der Waals surface area contributed by atoms with Gasteiger partial charge in [-0.3, -0.25) is 10.2 Å². The van der Waals surface area contributed by atoms with Crippen LogP contribution in [0.25, 0.3) is 0 Å². The average molecular weight is 190 g/mol. The number of rotatable bonds is 1. The van der Waals surface area contributed by atoms with E-state index in [0.29, 0.717) is 5.66 Å². The molecule has 3 N–H and O–H groups in total. The molecule has 0 radical (unpaired) electrons. The molecule has 0 spiro atoms. The lowest BCUT2D eigenvalue weighted by molar-refractivity contribution is -0.880. The molecular weight excluding hydrogens is 172 g/mol. The first-order valence-corrected chi connectivity index (χ1v) is 5.50. The van der Waals surface area contributed by atoms with Crippen molar-refractivity contribution in [1.29, 1.82) is 0 Å². The van der Waals surface area contributed by atoms with Gasteiger partial charge in [0, 0.05) is 12.5 Å². The molecular formula is C12H18N2+2. The number of piperazine rings is 1. The van der Waals surface area contributed by atoms with Gasteiger partial charge in [-0.1, -0.05) is 30.3 Å². The summed E-state index contributed by atoms with van der Waals surface area (Å²) >= 11 is 0. The van der Waals surface area contributed by atoms with Crippen LogP contribution in [0.1, 0.15) is 25.5 Å². The van der Waals surface area contributed by atoms with Gasteiger partial charge in [0.1, 0.15) is 6.54 Å². The third kappa shape index (κ3) is 0.928. The first kappa shape index (κ1) is 8.45. The van der Waals surface area contributed by atoms with Gasteiger partial charge < -0.3 is 0 Å². The van der Waals surface area contributed by atoms with E-state index in [1.54, 1.807) is 4.90 Å².